The number of nitrogens with one attached hydrogen (secondary N) is 2. The monoisotopic (exact) mass is 386 g/mol. The number of benzene rings is 1. The number of hydrogen-bond acceptors (Lipinski definition) is 4. The lowest BCUT2D eigenvalue weighted by Gasteiger charge is -2.33. The zero-order chi connectivity index (χ0) is 17.2. The van der Waals surface area contributed by atoms with Crippen molar-refractivity contribution < 1.29 is 13.3 Å². The average Bonchev–Trinajstić information content (AvgIpc) is 3.03. The van der Waals surface area contributed by atoms with Gasteiger partial charge in [-0.15, -0.1) is 11.3 Å². The smallest absolute Gasteiger partial charge is 0.271 e. The molecule has 2 N–H and O–H groups in total. The highest BCUT2D eigenvalue weighted by atomic mass is 35.5. The molecule has 1 fully saturated rings. The fourth-order valence-electron chi connectivity index (χ4n) is 2.82. The summed E-state index contributed by atoms with van der Waals surface area (Å²) < 4.78 is 27.9. The molecule has 3 rings (SSSR count). The first-order chi connectivity index (χ1) is 11.5. The number of hydrogen-bond donors (Lipinski definition) is 2. The molecule has 0 aliphatic carbocycles. The molecule has 1 aliphatic rings. The van der Waals surface area contributed by atoms with E-state index in [1.54, 1.807) is 23.1 Å². The van der Waals surface area contributed by atoms with Crippen LogP contribution in [0.25, 0.3) is 0 Å². The normalized spacial score (nSPS) is 16.3. The van der Waals surface area contributed by atoms with E-state index in [0.717, 1.165) is 43.2 Å². The second-order valence-electron chi connectivity index (χ2n) is 5.80. The van der Waals surface area contributed by atoms with Crippen molar-refractivity contribution >= 4 is 44.3 Å². The van der Waals surface area contributed by atoms with Crippen LogP contribution in [0.2, 0.25) is 4.34 Å². The van der Waals surface area contributed by atoms with Crippen LogP contribution >= 0.6 is 22.9 Å². The fraction of sp³-hybridized carbons (Fsp3) is 0.375. The van der Waals surface area contributed by atoms with Gasteiger partial charge in [-0.2, -0.15) is 0 Å². The van der Waals surface area contributed by atoms with Crippen LogP contribution in [0.3, 0.4) is 0 Å². The van der Waals surface area contributed by atoms with Gasteiger partial charge in [-0.05, 0) is 43.3 Å². The highest BCUT2D eigenvalue weighted by molar-refractivity contribution is 7.94. The van der Waals surface area contributed by atoms with E-state index in [0.29, 0.717) is 10.0 Å². The van der Waals surface area contributed by atoms with Gasteiger partial charge in [0.1, 0.15) is 4.21 Å². The predicted molar refractivity (Wildman–Crippen MR) is 100 cm³/mol. The number of anilines is 2. The SMILES string of the molecule is CC[NH+]1CCN(c2ccc(NS(=O)(=O)c3ccc(Cl)s3)cc2)CC1. The molecule has 0 atom stereocenters. The van der Waals surface area contributed by atoms with Crippen molar-refractivity contribution in [3.05, 3.63) is 40.7 Å². The molecule has 1 aromatic heterocycles. The molecule has 8 heteroatoms. The Morgan fingerprint density at radius 1 is 1.17 bits per heavy atom. The van der Waals surface area contributed by atoms with Crippen molar-refractivity contribution in [2.45, 2.75) is 11.1 Å². The number of nitrogens with zero attached hydrogens (tertiary/aromatic N) is 1. The zero-order valence-electron chi connectivity index (χ0n) is 13.5. The van der Waals surface area contributed by atoms with E-state index in [1.165, 1.54) is 12.6 Å². The maximum absolute atomic E-state index is 12.3. The lowest BCUT2D eigenvalue weighted by atomic mass is 10.2. The Morgan fingerprint density at radius 2 is 1.83 bits per heavy atom. The van der Waals surface area contributed by atoms with Crippen LogP contribution in [0.1, 0.15) is 6.92 Å². The molecular formula is C16H21ClN3O2S2+. The molecule has 24 heavy (non-hydrogen) atoms. The van der Waals surface area contributed by atoms with Gasteiger partial charge in [0, 0.05) is 11.4 Å². The molecule has 2 aromatic rings. The van der Waals surface area contributed by atoms with E-state index in [4.69, 9.17) is 11.6 Å². The number of likely N-dealkylation sites (N-methyl/N-ethyl adjacent to an activating group) is 1. The van der Waals surface area contributed by atoms with Crippen LogP contribution < -0.4 is 14.5 Å². The molecule has 2 heterocycles. The first-order valence-electron chi connectivity index (χ1n) is 7.94. The van der Waals surface area contributed by atoms with Gasteiger partial charge in [0.2, 0.25) is 0 Å². The Bertz CT molecular complexity index is 782. The average molecular weight is 387 g/mol. The summed E-state index contributed by atoms with van der Waals surface area (Å²) in [5, 5.41) is 0. The van der Waals surface area contributed by atoms with Crippen molar-refractivity contribution in [1.82, 2.24) is 0 Å². The van der Waals surface area contributed by atoms with Gasteiger partial charge in [0.25, 0.3) is 10.0 Å². The number of rotatable bonds is 5. The van der Waals surface area contributed by atoms with Crippen LogP contribution in [0.15, 0.2) is 40.6 Å². The molecule has 1 saturated heterocycles. The molecule has 0 saturated carbocycles. The third-order valence-corrected chi connectivity index (χ3v) is 7.37. The molecule has 0 radical (unpaired) electrons. The van der Waals surface area contributed by atoms with Crippen LogP contribution in [0.4, 0.5) is 11.4 Å². The number of quaternary nitrogens is 1. The Kier molecular flexibility index (Phi) is 5.34. The van der Waals surface area contributed by atoms with E-state index >= 15 is 0 Å². The topological polar surface area (TPSA) is 53.9 Å². The van der Waals surface area contributed by atoms with E-state index in [2.05, 4.69) is 16.5 Å². The van der Waals surface area contributed by atoms with Crippen molar-refractivity contribution in [2.75, 3.05) is 42.3 Å². The summed E-state index contributed by atoms with van der Waals surface area (Å²) in [7, 11) is -3.57. The van der Waals surface area contributed by atoms with Gasteiger partial charge in [-0.25, -0.2) is 8.42 Å². The summed E-state index contributed by atoms with van der Waals surface area (Å²) in [4.78, 5) is 3.97. The summed E-state index contributed by atoms with van der Waals surface area (Å²) in [6.45, 7) is 7.73. The van der Waals surface area contributed by atoms with Gasteiger partial charge < -0.3 is 9.80 Å². The maximum atomic E-state index is 12.3. The molecule has 1 aromatic carbocycles. The highest BCUT2D eigenvalue weighted by Gasteiger charge is 2.19. The lowest BCUT2D eigenvalue weighted by Crippen LogP contribution is -3.14. The van der Waals surface area contributed by atoms with Gasteiger partial charge in [0.05, 0.1) is 37.1 Å². The van der Waals surface area contributed by atoms with Gasteiger partial charge >= 0.3 is 0 Å². The standard InChI is InChI=1S/C16H20ClN3O2S2/c1-2-19-9-11-20(12-10-19)14-5-3-13(4-6-14)18-24(21,22)16-8-7-15(17)23-16/h3-8,18H,2,9-12H2,1H3/p+1. The Balaban J connectivity index is 1.67. The lowest BCUT2D eigenvalue weighted by molar-refractivity contribution is -0.898. The Labute approximate surface area is 151 Å². The van der Waals surface area contributed by atoms with Crippen LogP contribution in [0.5, 0.6) is 0 Å². The van der Waals surface area contributed by atoms with Crippen LogP contribution in [0, 0.1) is 0 Å². The molecule has 0 unspecified atom stereocenters. The summed E-state index contributed by atoms with van der Waals surface area (Å²) in [6.07, 6.45) is 0. The molecule has 130 valence electrons. The first-order valence-corrected chi connectivity index (χ1v) is 10.6. The Hall–Kier alpha value is -1.28. The molecule has 0 amide bonds. The van der Waals surface area contributed by atoms with Crippen molar-refractivity contribution in [1.29, 1.82) is 0 Å². The minimum atomic E-state index is -3.57. The molecule has 5 nitrogen and oxygen atoms in total. The third kappa shape index (κ3) is 4.03. The number of halogens is 1. The maximum Gasteiger partial charge on any atom is 0.271 e. The summed E-state index contributed by atoms with van der Waals surface area (Å²) >= 11 is 6.86. The summed E-state index contributed by atoms with van der Waals surface area (Å²) in [5.74, 6) is 0. The van der Waals surface area contributed by atoms with Gasteiger partial charge in [0.15, 0.2) is 0 Å². The minimum Gasteiger partial charge on any atom is -0.360 e. The summed E-state index contributed by atoms with van der Waals surface area (Å²) in [6, 6.07) is 10.6. The van der Waals surface area contributed by atoms with E-state index in [-0.39, 0.29) is 4.21 Å². The van der Waals surface area contributed by atoms with Gasteiger partial charge in [-0.3, -0.25) is 4.72 Å². The second-order valence-corrected chi connectivity index (χ2v) is 9.43. The van der Waals surface area contributed by atoms with Gasteiger partial charge in [-0.1, -0.05) is 11.6 Å². The molecule has 1 aliphatic heterocycles. The van der Waals surface area contributed by atoms with E-state index in [9.17, 15) is 8.42 Å². The third-order valence-electron chi connectivity index (χ3n) is 4.27. The quantitative estimate of drug-likeness (QED) is 0.825. The van der Waals surface area contributed by atoms with Crippen LogP contribution in [-0.4, -0.2) is 41.1 Å². The fourth-order valence-corrected chi connectivity index (χ4v) is 5.36. The molecular weight excluding hydrogens is 366 g/mol. The zero-order valence-corrected chi connectivity index (χ0v) is 15.8. The largest absolute Gasteiger partial charge is 0.360 e. The van der Waals surface area contributed by atoms with Crippen molar-refractivity contribution in [3.8, 4) is 0 Å². The van der Waals surface area contributed by atoms with Crippen molar-refractivity contribution in [2.24, 2.45) is 0 Å². The minimum absolute atomic E-state index is 0.218. The predicted octanol–water partition coefficient (Wildman–Crippen LogP) is 1.93. The number of sulfonamides is 1. The Morgan fingerprint density at radius 3 is 2.38 bits per heavy atom. The highest BCUT2D eigenvalue weighted by Crippen LogP contribution is 2.27. The van der Waals surface area contributed by atoms with Crippen LogP contribution in [-0.2, 0) is 10.0 Å². The molecule has 0 spiro atoms. The first kappa shape index (κ1) is 17.5. The number of piperazine rings is 1. The summed E-state index contributed by atoms with van der Waals surface area (Å²) in [5.41, 5.74) is 1.69. The van der Waals surface area contributed by atoms with E-state index in [1.807, 2.05) is 12.1 Å². The number of thiophene rings is 1. The second kappa shape index (κ2) is 7.31. The van der Waals surface area contributed by atoms with Crippen molar-refractivity contribution in [3.63, 3.8) is 0 Å². The molecule has 0 bridgehead atoms. The van der Waals surface area contributed by atoms with E-state index < -0.39 is 10.0 Å².